The van der Waals surface area contributed by atoms with Crippen molar-refractivity contribution in [3.05, 3.63) is 47.2 Å². The SMILES string of the molecule is C[C@@H]1CO[C@H](c2ccccc2Cl)CN1C(=O)Nc1cn[nH]c1. The summed E-state index contributed by atoms with van der Waals surface area (Å²) in [6.07, 6.45) is 2.98. The van der Waals surface area contributed by atoms with Crippen LogP contribution in [-0.2, 0) is 4.74 Å². The molecule has 7 heteroatoms. The standard InChI is InChI=1S/C15H17ClN4O2/c1-10-9-22-14(12-4-2-3-5-13(12)16)8-20(10)15(21)19-11-6-17-18-7-11/h2-7,10,14H,8-9H2,1H3,(H,17,18)(H,19,21)/t10-,14+/m1/s1. The Hall–Kier alpha value is -2.05. The number of ether oxygens (including phenoxy) is 1. The summed E-state index contributed by atoms with van der Waals surface area (Å²) in [6.45, 7) is 2.88. The first-order chi connectivity index (χ1) is 10.6. The molecular weight excluding hydrogens is 304 g/mol. The zero-order chi connectivity index (χ0) is 15.5. The van der Waals surface area contributed by atoms with E-state index in [-0.39, 0.29) is 18.2 Å². The molecule has 2 aromatic rings. The molecule has 1 fully saturated rings. The van der Waals surface area contributed by atoms with Crippen LogP contribution in [-0.4, -0.2) is 40.3 Å². The fourth-order valence-electron chi connectivity index (χ4n) is 2.48. The Morgan fingerprint density at radius 1 is 1.50 bits per heavy atom. The van der Waals surface area contributed by atoms with Gasteiger partial charge in [0.05, 0.1) is 31.1 Å². The molecule has 2 atom stereocenters. The molecule has 1 aromatic heterocycles. The highest BCUT2D eigenvalue weighted by Crippen LogP contribution is 2.30. The van der Waals surface area contributed by atoms with Crippen LogP contribution in [0.2, 0.25) is 5.02 Å². The van der Waals surface area contributed by atoms with Gasteiger partial charge in [-0.15, -0.1) is 0 Å². The Kier molecular flexibility index (Phi) is 4.31. The van der Waals surface area contributed by atoms with Crippen LogP contribution in [0, 0.1) is 0 Å². The number of nitrogens with one attached hydrogen (secondary N) is 2. The smallest absolute Gasteiger partial charge is 0.322 e. The number of amides is 2. The maximum atomic E-state index is 12.4. The Bertz CT molecular complexity index is 647. The van der Waals surface area contributed by atoms with E-state index in [1.807, 2.05) is 31.2 Å². The minimum atomic E-state index is -0.222. The predicted molar refractivity (Wildman–Crippen MR) is 83.9 cm³/mol. The number of aromatic amines is 1. The summed E-state index contributed by atoms with van der Waals surface area (Å²) in [5.41, 5.74) is 1.54. The Balaban J connectivity index is 1.73. The number of carbonyl (C=O) groups is 1. The van der Waals surface area contributed by atoms with Crippen LogP contribution in [0.3, 0.4) is 0 Å². The van der Waals surface area contributed by atoms with Gasteiger partial charge in [-0.2, -0.15) is 5.10 Å². The van der Waals surface area contributed by atoms with E-state index in [0.717, 1.165) is 5.56 Å². The molecule has 22 heavy (non-hydrogen) atoms. The molecule has 0 radical (unpaired) electrons. The number of halogens is 1. The normalized spacial score (nSPS) is 21.6. The molecule has 1 aliphatic heterocycles. The highest BCUT2D eigenvalue weighted by atomic mass is 35.5. The molecule has 1 aromatic carbocycles. The summed E-state index contributed by atoms with van der Waals surface area (Å²) < 4.78 is 5.85. The lowest BCUT2D eigenvalue weighted by Gasteiger charge is -2.38. The van der Waals surface area contributed by atoms with Gasteiger partial charge in [0.15, 0.2) is 0 Å². The van der Waals surface area contributed by atoms with Crippen LogP contribution < -0.4 is 5.32 Å². The van der Waals surface area contributed by atoms with Gasteiger partial charge < -0.3 is 15.0 Å². The molecule has 0 saturated carbocycles. The third-order valence-electron chi connectivity index (χ3n) is 3.70. The average molecular weight is 321 g/mol. The van der Waals surface area contributed by atoms with Crippen LogP contribution in [0.4, 0.5) is 10.5 Å². The molecule has 1 aliphatic rings. The van der Waals surface area contributed by atoms with Crippen molar-refractivity contribution in [2.45, 2.75) is 19.1 Å². The number of carbonyl (C=O) groups excluding carboxylic acids is 1. The number of morpholine rings is 1. The number of H-pyrrole nitrogens is 1. The largest absolute Gasteiger partial charge is 0.369 e. The fourth-order valence-corrected chi connectivity index (χ4v) is 2.74. The van der Waals surface area contributed by atoms with Crippen molar-refractivity contribution < 1.29 is 9.53 Å². The molecule has 3 rings (SSSR count). The molecule has 0 unspecified atom stereocenters. The number of aromatic nitrogens is 2. The van der Waals surface area contributed by atoms with Crippen LogP contribution in [0.5, 0.6) is 0 Å². The van der Waals surface area contributed by atoms with E-state index in [1.165, 1.54) is 0 Å². The lowest BCUT2D eigenvalue weighted by atomic mass is 10.1. The second kappa shape index (κ2) is 6.37. The van der Waals surface area contributed by atoms with Gasteiger partial charge in [-0.3, -0.25) is 5.10 Å². The van der Waals surface area contributed by atoms with E-state index in [1.54, 1.807) is 17.3 Å². The van der Waals surface area contributed by atoms with Gasteiger partial charge in [-0.05, 0) is 13.0 Å². The second-order valence-corrected chi connectivity index (χ2v) is 5.67. The number of urea groups is 1. The lowest BCUT2D eigenvalue weighted by molar-refractivity contribution is -0.0407. The highest BCUT2D eigenvalue weighted by Gasteiger charge is 2.31. The van der Waals surface area contributed by atoms with Crippen LogP contribution in [0.1, 0.15) is 18.6 Å². The predicted octanol–water partition coefficient (Wildman–Crippen LogP) is 3.06. The van der Waals surface area contributed by atoms with Gasteiger partial charge in [0.25, 0.3) is 0 Å². The van der Waals surface area contributed by atoms with Crippen molar-refractivity contribution in [2.24, 2.45) is 0 Å². The Morgan fingerprint density at radius 2 is 2.32 bits per heavy atom. The number of anilines is 1. The summed E-state index contributed by atoms with van der Waals surface area (Å²) >= 11 is 6.22. The summed E-state index contributed by atoms with van der Waals surface area (Å²) in [7, 11) is 0. The summed E-state index contributed by atoms with van der Waals surface area (Å²) in [5.74, 6) is 0. The third kappa shape index (κ3) is 3.08. The number of benzene rings is 1. The van der Waals surface area contributed by atoms with Crippen molar-refractivity contribution in [3.63, 3.8) is 0 Å². The monoisotopic (exact) mass is 320 g/mol. The van der Waals surface area contributed by atoms with E-state index in [2.05, 4.69) is 15.5 Å². The Morgan fingerprint density at radius 3 is 3.05 bits per heavy atom. The number of rotatable bonds is 2. The number of nitrogens with zero attached hydrogens (tertiary/aromatic N) is 2. The first-order valence-electron chi connectivity index (χ1n) is 7.07. The topological polar surface area (TPSA) is 70.2 Å². The summed E-state index contributed by atoms with van der Waals surface area (Å²) in [5, 5.41) is 9.94. The van der Waals surface area contributed by atoms with Crippen LogP contribution >= 0.6 is 11.6 Å². The molecule has 0 bridgehead atoms. The summed E-state index contributed by atoms with van der Waals surface area (Å²) in [4.78, 5) is 14.2. The molecule has 116 valence electrons. The van der Waals surface area contributed by atoms with Gasteiger partial charge >= 0.3 is 6.03 Å². The van der Waals surface area contributed by atoms with Crippen molar-refractivity contribution in [1.29, 1.82) is 0 Å². The van der Waals surface area contributed by atoms with Crippen molar-refractivity contribution >= 4 is 23.3 Å². The van der Waals surface area contributed by atoms with Crippen molar-refractivity contribution in [3.8, 4) is 0 Å². The maximum absolute atomic E-state index is 12.4. The number of hydrogen-bond acceptors (Lipinski definition) is 3. The fraction of sp³-hybridized carbons (Fsp3) is 0.333. The molecule has 2 heterocycles. The quantitative estimate of drug-likeness (QED) is 0.893. The zero-order valence-corrected chi connectivity index (χ0v) is 12.9. The van der Waals surface area contributed by atoms with Crippen LogP contribution in [0.15, 0.2) is 36.7 Å². The highest BCUT2D eigenvalue weighted by molar-refractivity contribution is 6.31. The van der Waals surface area contributed by atoms with Gasteiger partial charge in [0, 0.05) is 16.8 Å². The first kappa shape index (κ1) is 14.9. The van der Waals surface area contributed by atoms with E-state index >= 15 is 0 Å². The Labute approximate surface area is 133 Å². The van der Waals surface area contributed by atoms with Crippen molar-refractivity contribution in [2.75, 3.05) is 18.5 Å². The number of hydrogen-bond donors (Lipinski definition) is 2. The molecule has 0 aliphatic carbocycles. The molecule has 1 saturated heterocycles. The molecule has 0 spiro atoms. The second-order valence-electron chi connectivity index (χ2n) is 5.26. The van der Waals surface area contributed by atoms with E-state index < -0.39 is 0 Å². The van der Waals surface area contributed by atoms with E-state index in [0.29, 0.717) is 23.9 Å². The maximum Gasteiger partial charge on any atom is 0.322 e. The van der Waals surface area contributed by atoms with E-state index in [9.17, 15) is 4.79 Å². The third-order valence-corrected chi connectivity index (χ3v) is 4.04. The van der Waals surface area contributed by atoms with Gasteiger partial charge in [0.1, 0.15) is 6.10 Å². The van der Waals surface area contributed by atoms with Crippen molar-refractivity contribution in [1.82, 2.24) is 15.1 Å². The van der Waals surface area contributed by atoms with Crippen LogP contribution in [0.25, 0.3) is 0 Å². The molecule has 2 N–H and O–H groups in total. The average Bonchev–Trinajstić information content (AvgIpc) is 3.01. The first-order valence-corrected chi connectivity index (χ1v) is 7.45. The lowest BCUT2D eigenvalue weighted by Crippen LogP contribution is -2.49. The summed E-state index contributed by atoms with van der Waals surface area (Å²) in [6, 6.07) is 7.36. The zero-order valence-electron chi connectivity index (χ0n) is 12.1. The van der Waals surface area contributed by atoms with Gasteiger partial charge in [0.2, 0.25) is 0 Å². The molecule has 6 nitrogen and oxygen atoms in total. The minimum absolute atomic E-state index is 0.00867. The van der Waals surface area contributed by atoms with E-state index in [4.69, 9.17) is 16.3 Å². The van der Waals surface area contributed by atoms with Gasteiger partial charge in [-0.25, -0.2) is 4.79 Å². The molecule has 2 amide bonds. The minimum Gasteiger partial charge on any atom is -0.369 e. The van der Waals surface area contributed by atoms with Gasteiger partial charge in [-0.1, -0.05) is 29.8 Å². The molecular formula is C15H17ClN4O2.